The molecule has 126 valence electrons. The molecule has 0 spiro atoms. The van der Waals surface area contributed by atoms with Crippen LogP contribution >= 0.6 is 0 Å². The second kappa shape index (κ2) is 6.40. The van der Waals surface area contributed by atoms with Gasteiger partial charge in [-0.15, -0.1) is 0 Å². The van der Waals surface area contributed by atoms with Crippen LogP contribution in [0.15, 0.2) is 34.7 Å². The highest BCUT2D eigenvalue weighted by Crippen LogP contribution is 2.43. The van der Waals surface area contributed by atoms with E-state index in [1.165, 1.54) is 0 Å². The maximum absolute atomic E-state index is 13.1. The van der Waals surface area contributed by atoms with Crippen LogP contribution < -0.4 is 5.73 Å². The molecule has 0 unspecified atom stereocenters. The summed E-state index contributed by atoms with van der Waals surface area (Å²) in [6.07, 6.45) is 5.29. The molecule has 1 aliphatic carbocycles. The van der Waals surface area contributed by atoms with E-state index in [1.54, 1.807) is 0 Å². The number of likely N-dealkylation sites (tertiary alicyclic amines) is 1. The maximum Gasteiger partial charge on any atom is 0.276 e. The quantitative estimate of drug-likeness (QED) is 0.937. The number of benzene rings is 1. The Morgan fingerprint density at radius 2 is 2.00 bits per heavy atom. The zero-order valence-electron chi connectivity index (χ0n) is 13.8. The lowest BCUT2D eigenvalue weighted by atomic mass is 10.0. The van der Waals surface area contributed by atoms with Crippen molar-refractivity contribution in [3.63, 3.8) is 0 Å². The molecule has 0 radical (unpaired) electrons. The summed E-state index contributed by atoms with van der Waals surface area (Å²) >= 11 is 0. The zero-order chi connectivity index (χ0) is 16.5. The lowest BCUT2D eigenvalue weighted by Gasteiger charge is -2.34. The molecule has 1 atom stereocenters. The predicted octanol–water partition coefficient (Wildman–Crippen LogP) is 3.17. The average Bonchev–Trinajstić information content (AvgIpc) is 3.40. The number of amides is 1. The monoisotopic (exact) mass is 325 g/mol. The van der Waals surface area contributed by atoms with Crippen LogP contribution in [-0.2, 0) is 0 Å². The van der Waals surface area contributed by atoms with Gasteiger partial charge in [-0.2, -0.15) is 0 Å². The van der Waals surface area contributed by atoms with Gasteiger partial charge in [0.05, 0.1) is 0 Å². The number of nitrogens with zero attached hydrogens (tertiary/aromatic N) is 2. The summed E-state index contributed by atoms with van der Waals surface area (Å²) in [5, 5.41) is 0. The third-order valence-electron chi connectivity index (χ3n) is 4.98. The van der Waals surface area contributed by atoms with E-state index in [0.29, 0.717) is 24.0 Å². The van der Waals surface area contributed by atoms with Crippen molar-refractivity contribution in [2.24, 2.45) is 5.73 Å². The Morgan fingerprint density at radius 1 is 1.21 bits per heavy atom. The van der Waals surface area contributed by atoms with E-state index < -0.39 is 0 Å². The van der Waals surface area contributed by atoms with E-state index in [9.17, 15) is 4.79 Å². The first-order valence-corrected chi connectivity index (χ1v) is 8.85. The van der Waals surface area contributed by atoms with Crippen molar-refractivity contribution in [1.29, 1.82) is 0 Å². The Hall–Kier alpha value is -2.14. The van der Waals surface area contributed by atoms with Gasteiger partial charge in [0.15, 0.2) is 5.69 Å². The van der Waals surface area contributed by atoms with E-state index in [2.05, 4.69) is 4.98 Å². The first kappa shape index (κ1) is 15.4. The average molecular weight is 325 g/mol. The van der Waals surface area contributed by atoms with E-state index in [0.717, 1.165) is 50.0 Å². The van der Waals surface area contributed by atoms with E-state index in [4.69, 9.17) is 10.2 Å². The molecule has 5 nitrogen and oxygen atoms in total. The Bertz CT molecular complexity index is 721. The van der Waals surface area contributed by atoms with Gasteiger partial charge in [-0.05, 0) is 44.2 Å². The number of piperidine rings is 1. The summed E-state index contributed by atoms with van der Waals surface area (Å²) in [7, 11) is 0. The van der Waals surface area contributed by atoms with Gasteiger partial charge in [-0.1, -0.05) is 18.2 Å². The van der Waals surface area contributed by atoms with E-state index >= 15 is 0 Å². The lowest BCUT2D eigenvalue weighted by Crippen LogP contribution is -2.47. The molecule has 2 aromatic rings. The Balaban J connectivity index is 1.68. The number of oxazole rings is 1. The minimum Gasteiger partial charge on any atom is -0.440 e. The van der Waals surface area contributed by atoms with Gasteiger partial charge in [-0.3, -0.25) is 4.79 Å². The number of nitrogens with two attached hydrogens (primary N) is 1. The standard InChI is InChI=1S/C19H23N3O2/c20-12-15-8-4-5-11-22(15)19(23)16-17(13-9-10-13)24-18(21-16)14-6-2-1-3-7-14/h1-3,6-7,13,15H,4-5,8-12,20H2/t15-/m0/s1. The molecule has 2 fully saturated rings. The van der Waals surface area contributed by atoms with Crippen molar-refractivity contribution in [3.05, 3.63) is 41.8 Å². The fourth-order valence-electron chi connectivity index (χ4n) is 3.46. The van der Waals surface area contributed by atoms with Crippen molar-refractivity contribution < 1.29 is 9.21 Å². The molecule has 0 bridgehead atoms. The molecule has 1 saturated heterocycles. The van der Waals surface area contributed by atoms with Crippen molar-refractivity contribution in [2.45, 2.75) is 44.1 Å². The molecule has 2 heterocycles. The molecule has 5 heteroatoms. The SMILES string of the molecule is NC[C@@H]1CCCCN1C(=O)c1nc(-c2ccccc2)oc1C1CC1. The first-order valence-electron chi connectivity index (χ1n) is 8.85. The van der Waals surface area contributed by atoms with Crippen LogP contribution in [0.1, 0.15) is 54.3 Å². The van der Waals surface area contributed by atoms with Crippen LogP contribution in [0.3, 0.4) is 0 Å². The molecule has 2 N–H and O–H groups in total. The van der Waals surface area contributed by atoms with Gasteiger partial charge in [0.2, 0.25) is 5.89 Å². The molecule has 1 aliphatic heterocycles. The van der Waals surface area contributed by atoms with Gasteiger partial charge in [0.25, 0.3) is 5.91 Å². The van der Waals surface area contributed by atoms with Crippen LogP contribution in [0.4, 0.5) is 0 Å². The van der Waals surface area contributed by atoms with Crippen molar-refractivity contribution in [3.8, 4) is 11.5 Å². The van der Waals surface area contributed by atoms with Gasteiger partial charge in [0, 0.05) is 30.6 Å². The highest BCUT2D eigenvalue weighted by molar-refractivity contribution is 5.94. The topological polar surface area (TPSA) is 72.4 Å². The molecule has 1 aromatic carbocycles. The third-order valence-corrected chi connectivity index (χ3v) is 4.98. The van der Waals surface area contributed by atoms with Crippen LogP contribution in [0, 0.1) is 0 Å². The predicted molar refractivity (Wildman–Crippen MR) is 91.6 cm³/mol. The molecule has 4 rings (SSSR count). The first-order chi connectivity index (χ1) is 11.8. The van der Waals surface area contributed by atoms with Crippen LogP contribution in [-0.4, -0.2) is 34.9 Å². The van der Waals surface area contributed by atoms with Gasteiger partial charge in [-0.25, -0.2) is 4.98 Å². The lowest BCUT2D eigenvalue weighted by molar-refractivity contribution is 0.0615. The van der Waals surface area contributed by atoms with E-state index in [-0.39, 0.29) is 11.9 Å². The van der Waals surface area contributed by atoms with Crippen molar-refractivity contribution in [2.75, 3.05) is 13.1 Å². The van der Waals surface area contributed by atoms with Gasteiger partial charge < -0.3 is 15.1 Å². The Morgan fingerprint density at radius 3 is 2.71 bits per heavy atom. The molecule has 24 heavy (non-hydrogen) atoms. The number of hydrogen-bond donors (Lipinski definition) is 1. The van der Waals surface area contributed by atoms with E-state index in [1.807, 2.05) is 35.2 Å². The summed E-state index contributed by atoms with van der Waals surface area (Å²) in [5.41, 5.74) is 7.28. The van der Waals surface area contributed by atoms with Crippen molar-refractivity contribution in [1.82, 2.24) is 9.88 Å². The second-order valence-corrected chi connectivity index (χ2v) is 6.76. The maximum atomic E-state index is 13.1. The fraction of sp³-hybridized carbons (Fsp3) is 0.474. The second-order valence-electron chi connectivity index (χ2n) is 6.76. The number of aromatic nitrogens is 1. The smallest absolute Gasteiger partial charge is 0.276 e. The summed E-state index contributed by atoms with van der Waals surface area (Å²) in [5.74, 6) is 1.63. The normalized spacial score (nSPS) is 21.0. The summed E-state index contributed by atoms with van der Waals surface area (Å²) in [4.78, 5) is 19.6. The Labute approximate surface area is 141 Å². The fourth-order valence-corrected chi connectivity index (χ4v) is 3.46. The largest absolute Gasteiger partial charge is 0.440 e. The molecule has 1 aromatic heterocycles. The van der Waals surface area contributed by atoms with Gasteiger partial charge in [0.1, 0.15) is 5.76 Å². The molecular weight excluding hydrogens is 302 g/mol. The number of hydrogen-bond acceptors (Lipinski definition) is 4. The minimum absolute atomic E-state index is 0.0158. The molecule has 1 saturated carbocycles. The summed E-state index contributed by atoms with van der Waals surface area (Å²) < 4.78 is 6.02. The third kappa shape index (κ3) is 2.84. The zero-order valence-corrected chi connectivity index (χ0v) is 13.8. The number of rotatable bonds is 4. The summed E-state index contributed by atoms with van der Waals surface area (Å²) in [6.45, 7) is 1.27. The van der Waals surface area contributed by atoms with Gasteiger partial charge >= 0.3 is 0 Å². The van der Waals surface area contributed by atoms with Crippen LogP contribution in [0.2, 0.25) is 0 Å². The highest BCUT2D eigenvalue weighted by atomic mass is 16.4. The minimum atomic E-state index is -0.0158. The summed E-state index contributed by atoms with van der Waals surface area (Å²) in [6, 6.07) is 9.90. The van der Waals surface area contributed by atoms with Crippen LogP contribution in [0.25, 0.3) is 11.5 Å². The highest BCUT2D eigenvalue weighted by Gasteiger charge is 2.37. The molecule has 1 amide bonds. The molecule has 2 aliphatic rings. The number of carbonyl (C=O) groups is 1. The Kier molecular flexibility index (Phi) is 4.10. The van der Waals surface area contributed by atoms with Crippen LogP contribution in [0.5, 0.6) is 0 Å². The van der Waals surface area contributed by atoms with Crippen molar-refractivity contribution >= 4 is 5.91 Å². The molecular formula is C19H23N3O2. The number of carbonyl (C=O) groups excluding carboxylic acids is 1.